The molecule has 0 unspecified atom stereocenters. The van der Waals surface area contributed by atoms with Crippen LogP contribution in [-0.4, -0.2) is 28.0 Å². The average Bonchev–Trinajstić information content (AvgIpc) is 2.66. The molecule has 8 heteroatoms. The van der Waals surface area contributed by atoms with Crippen LogP contribution in [0.3, 0.4) is 0 Å². The van der Waals surface area contributed by atoms with Gasteiger partial charge in [0, 0.05) is 5.56 Å². The van der Waals surface area contributed by atoms with Gasteiger partial charge >= 0.3 is 0 Å². The van der Waals surface area contributed by atoms with Crippen LogP contribution in [-0.2, 0) is 14.8 Å². The van der Waals surface area contributed by atoms with Crippen LogP contribution in [0.5, 0.6) is 5.75 Å². The summed E-state index contributed by atoms with van der Waals surface area (Å²) in [5.41, 5.74) is 1.14. The molecule has 1 atom stereocenters. The lowest BCUT2D eigenvalue weighted by Gasteiger charge is -2.17. The molecule has 136 valence electrons. The molecule has 26 heavy (non-hydrogen) atoms. The first-order valence-corrected chi connectivity index (χ1v) is 9.28. The summed E-state index contributed by atoms with van der Waals surface area (Å²) in [6.45, 7) is 1.38. The lowest BCUT2D eigenvalue weighted by Crippen LogP contribution is -2.38. The first-order chi connectivity index (χ1) is 12.4. The van der Waals surface area contributed by atoms with E-state index >= 15 is 0 Å². The van der Waals surface area contributed by atoms with Gasteiger partial charge in [0.05, 0.1) is 36.2 Å². The summed E-state index contributed by atoms with van der Waals surface area (Å²) in [6, 6.07) is 14.3. The third kappa shape index (κ3) is 4.81. The van der Waals surface area contributed by atoms with E-state index in [-0.39, 0.29) is 10.9 Å². The van der Waals surface area contributed by atoms with Crippen LogP contribution >= 0.6 is 0 Å². The Hall–Kier alpha value is -2.89. The molecule has 2 rings (SSSR count). The number of ether oxygens (including phenoxy) is 1. The zero-order valence-corrected chi connectivity index (χ0v) is 15.2. The first kappa shape index (κ1) is 19.4. The van der Waals surface area contributed by atoms with Gasteiger partial charge in [0.1, 0.15) is 5.75 Å². The Morgan fingerprint density at radius 3 is 2.46 bits per heavy atom. The van der Waals surface area contributed by atoms with E-state index in [0.717, 1.165) is 5.56 Å². The Labute approximate surface area is 152 Å². The number of sulfonamides is 1. The van der Waals surface area contributed by atoms with Crippen molar-refractivity contribution in [3.63, 3.8) is 0 Å². The second kappa shape index (κ2) is 8.47. The van der Waals surface area contributed by atoms with Crippen molar-refractivity contribution in [1.29, 1.82) is 5.26 Å². The molecule has 1 amide bonds. The number of nitriles is 1. The van der Waals surface area contributed by atoms with Gasteiger partial charge in [0.2, 0.25) is 15.9 Å². The quantitative estimate of drug-likeness (QED) is 0.768. The Kier molecular flexibility index (Phi) is 6.33. The summed E-state index contributed by atoms with van der Waals surface area (Å²) in [5.74, 6) is 0.166. The molecule has 0 aromatic heterocycles. The predicted octanol–water partition coefficient (Wildman–Crippen LogP) is 1.72. The molecule has 0 aliphatic heterocycles. The summed E-state index contributed by atoms with van der Waals surface area (Å²) in [4.78, 5) is 12.1. The molecule has 0 bridgehead atoms. The third-order valence-corrected chi connectivity index (χ3v) is 5.12. The van der Waals surface area contributed by atoms with Crippen LogP contribution in [0.15, 0.2) is 53.4 Å². The molecular formula is C18H19N3O4S. The van der Waals surface area contributed by atoms with E-state index in [1.54, 1.807) is 20.1 Å². The predicted molar refractivity (Wildman–Crippen MR) is 95.9 cm³/mol. The number of amides is 1. The molecule has 0 saturated heterocycles. The van der Waals surface area contributed by atoms with Crippen molar-refractivity contribution in [1.82, 2.24) is 10.0 Å². The van der Waals surface area contributed by atoms with Gasteiger partial charge in [-0.3, -0.25) is 4.79 Å². The minimum atomic E-state index is -3.84. The number of hydrogen-bond donors (Lipinski definition) is 2. The van der Waals surface area contributed by atoms with Gasteiger partial charge in [-0.25, -0.2) is 13.1 Å². The summed E-state index contributed by atoms with van der Waals surface area (Å²) in [7, 11) is -2.30. The summed E-state index contributed by atoms with van der Waals surface area (Å²) < 4.78 is 31.9. The molecule has 0 spiro atoms. The second-order valence-corrected chi connectivity index (χ2v) is 7.26. The molecule has 2 aromatic carbocycles. The number of hydrogen-bond acceptors (Lipinski definition) is 5. The van der Waals surface area contributed by atoms with Crippen LogP contribution in [0.1, 0.15) is 24.1 Å². The maximum absolute atomic E-state index is 12.2. The highest BCUT2D eigenvalue weighted by molar-refractivity contribution is 7.89. The van der Waals surface area contributed by atoms with E-state index in [1.165, 1.54) is 24.3 Å². The Bertz CT molecular complexity index is 918. The molecule has 0 fully saturated rings. The lowest BCUT2D eigenvalue weighted by atomic mass is 10.1. The molecule has 2 aromatic rings. The fraction of sp³-hybridized carbons (Fsp3) is 0.222. The van der Waals surface area contributed by atoms with E-state index in [2.05, 4.69) is 10.0 Å². The molecule has 7 nitrogen and oxygen atoms in total. The topological polar surface area (TPSA) is 108 Å². The summed E-state index contributed by atoms with van der Waals surface area (Å²) in [5, 5.41) is 11.5. The van der Waals surface area contributed by atoms with Gasteiger partial charge in [0.15, 0.2) is 0 Å². The number of carbonyl (C=O) groups is 1. The van der Waals surface area contributed by atoms with Crippen LogP contribution in [0.2, 0.25) is 0 Å². The van der Waals surface area contributed by atoms with Gasteiger partial charge in [-0.2, -0.15) is 5.26 Å². The maximum Gasteiger partial charge on any atom is 0.241 e. The fourth-order valence-corrected chi connectivity index (χ4v) is 3.33. The Balaban J connectivity index is 1.98. The Morgan fingerprint density at radius 2 is 1.85 bits per heavy atom. The minimum Gasteiger partial charge on any atom is -0.496 e. The largest absolute Gasteiger partial charge is 0.496 e. The van der Waals surface area contributed by atoms with E-state index in [1.807, 2.05) is 24.3 Å². The minimum absolute atomic E-state index is 0.0120. The molecule has 2 N–H and O–H groups in total. The number of carbonyl (C=O) groups excluding carboxylic acids is 1. The molecular weight excluding hydrogens is 354 g/mol. The van der Waals surface area contributed by atoms with E-state index in [4.69, 9.17) is 10.00 Å². The number of para-hydroxylation sites is 1. The molecule has 0 radical (unpaired) electrons. The molecule has 0 heterocycles. The van der Waals surface area contributed by atoms with Gasteiger partial charge in [-0.15, -0.1) is 0 Å². The van der Waals surface area contributed by atoms with Crippen molar-refractivity contribution < 1.29 is 17.9 Å². The number of rotatable bonds is 7. The van der Waals surface area contributed by atoms with Gasteiger partial charge in [-0.1, -0.05) is 18.2 Å². The zero-order valence-electron chi connectivity index (χ0n) is 14.4. The average molecular weight is 373 g/mol. The van der Waals surface area contributed by atoms with Crippen LogP contribution in [0.25, 0.3) is 0 Å². The third-order valence-electron chi connectivity index (χ3n) is 3.70. The summed E-state index contributed by atoms with van der Waals surface area (Å²) >= 11 is 0. The van der Waals surface area contributed by atoms with Crippen molar-refractivity contribution in [2.75, 3.05) is 13.7 Å². The van der Waals surface area contributed by atoms with Gasteiger partial charge in [-0.05, 0) is 37.3 Å². The van der Waals surface area contributed by atoms with Crippen LogP contribution < -0.4 is 14.8 Å². The van der Waals surface area contributed by atoms with E-state index < -0.39 is 22.5 Å². The molecule has 0 saturated carbocycles. The standard InChI is InChI=1S/C18H19N3O4S/c1-13(16-5-3-4-6-17(16)25-2)21-18(22)12-20-26(23,24)15-9-7-14(11-19)8-10-15/h3-10,13,20H,12H2,1-2H3,(H,21,22)/t13-/m0/s1. The molecule has 0 aliphatic carbocycles. The Morgan fingerprint density at radius 1 is 1.19 bits per heavy atom. The number of methoxy groups -OCH3 is 1. The van der Waals surface area contributed by atoms with Crippen molar-refractivity contribution in [2.24, 2.45) is 0 Å². The van der Waals surface area contributed by atoms with Crippen molar-refractivity contribution >= 4 is 15.9 Å². The van der Waals surface area contributed by atoms with Crippen molar-refractivity contribution in [2.45, 2.75) is 17.9 Å². The van der Waals surface area contributed by atoms with Crippen molar-refractivity contribution in [3.05, 3.63) is 59.7 Å². The van der Waals surface area contributed by atoms with E-state index in [9.17, 15) is 13.2 Å². The highest BCUT2D eigenvalue weighted by Crippen LogP contribution is 2.24. The highest BCUT2D eigenvalue weighted by Gasteiger charge is 2.18. The van der Waals surface area contributed by atoms with Crippen molar-refractivity contribution in [3.8, 4) is 11.8 Å². The van der Waals surface area contributed by atoms with Crippen LogP contribution in [0, 0.1) is 11.3 Å². The lowest BCUT2D eigenvalue weighted by molar-refractivity contribution is -0.120. The van der Waals surface area contributed by atoms with Gasteiger partial charge < -0.3 is 10.1 Å². The SMILES string of the molecule is COc1ccccc1[C@H](C)NC(=O)CNS(=O)(=O)c1ccc(C#N)cc1. The second-order valence-electron chi connectivity index (χ2n) is 5.49. The van der Waals surface area contributed by atoms with Gasteiger partial charge in [0.25, 0.3) is 0 Å². The smallest absolute Gasteiger partial charge is 0.241 e. The number of nitrogens with zero attached hydrogens (tertiary/aromatic N) is 1. The normalized spacial score (nSPS) is 12.0. The maximum atomic E-state index is 12.2. The number of benzene rings is 2. The fourth-order valence-electron chi connectivity index (χ4n) is 2.35. The van der Waals surface area contributed by atoms with E-state index in [0.29, 0.717) is 11.3 Å². The number of nitrogens with one attached hydrogen (secondary N) is 2. The zero-order chi connectivity index (χ0) is 19.2. The monoisotopic (exact) mass is 373 g/mol. The first-order valence-electron chi connectivity index (χ1n) is 7.79. The highest BCUT2D eigenvalue weighted by atomic mass is 32.2. The molecule has 0 aliphatic rings. The van der Waals surface area contributed by atoms with Crippen LogP contribution in [0.4, 0.5) is 0 Å². The summed E-state index contributed by atoms with van der Waals surface area (Å²) in [6.07, 6.45) is 0.